The zero-order chi connectivity index (χ0) is 12.8. The molecule has 94 valence electrons. The van der Waals surface area contributed by atoms with Gasteiger partial charge in [0.1, 0.15) is 0 Å². The molecule has 0 unspecified atom stereocenters. The summed E-state index contributed by atoms with van der Waals surface area (Å²) in [6.45, 7) is 0. The molecule has 0 heterocycles. The van der Waals surface area contributed by atoms with Gasteiger partial charge in [-0.2, -0.15) is 0 Å². The lowest BCUT2D eigenvalue weighted by atomic mass is 10.3. The van der Waals surface area contributed by atoms with Crippen molar-refractivity contribution in [3.05, 3.63) is 53.0 Å². The van der Waals surface area contributed by atoms with Crippen molar-refractivity contribution in [3.8, 4) is 0 Å². The standard InChI is InChI=1S/C14H14BrNS2/c15-11-6-7-13(16)14(10-11)18-9-8-17-12-4-2-1-3-5-12/h1-7,10H,8-9,16H2. The van der Waals surface area contributed by atoms with Crippen LogP contribution < -0.4 is 5.73 Å². The van der Waals surface area contributed by atoms with E-state index in [2.05, 4.69) is 46.3 Å². The van der Waals surface area contributed by atoms with Crippen LogP contribution in [0.4, 0.5) is 5.69 Å². The Morgan fingerprint density at radius 3 is 2.44 bits per heavy atom. The SMILES string of the molecule is Nc1ccc(Br)cc1SCCSc1ccccc1. The van der Waals surface area contributed by atoms with Crippen LogP contribution in [0.3, 0.4) is 0 Å². The second-order valence-corrected chi connectivity index (χ2v) is 6.91. The van der Waals surface area contributed by atoms with Gasteiger partial charge in [-0.3, -0.25) is 0 Å². The van der Waals surface area contributed by atoms with E-state index in [9.17, 15) is 0 Å². The van der Waals surface area contributed by atoms with E-state index in [4.69, 9.17) is 5.73 Å². The molecule has 2 aromatic carbocycles. The number of rotatable bonds is 5. The predicted octanol–water partition coefficient (Wildman–Crippen LogP) is 4.92. The highest BCUT2D eigenvalue weighted by Gasteiger charge is 2.01. The first-order valence-electron chi connectivity index (χ1n) is 5.61. The van der Waals surface area contributed by atoms with Gasteiger partial charge in [0.2, 0.25) is 0 Å². The molecular formula is C14H14BrNS2. The first-order chi connectivity index (χ1) is 8.75. The lowest BCUT2D eigenvalue weighted by molar-refractivity contribution is 1.40. The second kappa shape index (κ2) is 7.12. The fourth-order valence-electron chi connectivity index (χ4n) is 1.46. The van der Waals surface area contributed by atoms with E-state index in [0.29, 0.717) is 0 Å². The number of nitrogen functional groups attached to an aromatic ring is 1. The quantitative estimate of drug-likeness (QED) is 0.475. The normalized spacial score (nSPS) is 10.5. The molecule has 2 aromatic rings. The van der Waals surface area contributed by atoms with Crippen LogP contribution in [0.5, 0.6) is 0 Å². The topological polar surface area (TPSA) is 26.0 Å². The Morgan fingerprint density at radius 1 is 0.944 bits per heavy atom. The molecule has 0 aliphatic rings. The summed E-state index contributed by atoms with van der Waals surface area (Å²) >= 11 is 7.15. The molecule has 0 radical (unpaired) electrons. The summed E-state index contributed by atoms with van der Waals surface area (Å²) in [5, 5.41) is 0. The molecule has 0 aliphatic carbocycles. The van der Waals surface area contributed by atoms with Crippen molar-refractivity contribution in [2.24, 2.45) is 0 Å². The Morgan fingerprint density at radius 2 is 1.67 bits per heavy atom. The van der Waals surface area contributed by atoms with Crippen LogP contribution in [0.25, 0.3) is 0 Å². The minimum atomic E-state index is 0.855. The minimum Gasteiger partial charge on any atom is -0.398 e. The van der Waals surface area contributed by atoms with E-state index in [-0.39, 0.29) is 0 Å². The Bertz CT molecular complexity index is 502. The average Bonchev–Trinajstić information content (AvgIpc) is 2.40. The van der Waals surface area contributed by atoms with Crippen LogP contribution in [0.15, 0.2) is 62.8 Å². The molecule has 18 heavy (non-hydrogen) atoms. The van der Waals surface area contributed by atoms with Crippen LogP contribution in [-0.4, -0.2) is 11.5 Å². The Balaban J connectivity index is 1.80. The second-order valence-electron chi connectivity index (χ2n) is 3.69. The lowest BCUT2D eigenvalue weighted by Gasteiger charge is -2.06. The maximum atomic E-state index is 5.93. The molecule has 0 amide bonds. The summed E-state index contributed by atoms with van der Waals surface area (Å²) in [6.07, 6.45) is 0. The molecule has 0 aliphatic heterocycles. The highest BCUT2D eigenvalue weighted by molar-refractivity contribution is 9.10. The fraction of sp³-hybridized carbons (Fsp3) is 0.143. The van der Waals surface area contributed by atoms with Gasteiger partial charge in [0.15, 0.2) is 0 Å². The number of halogens is 1. The number of hydrogen-bond acceptors (Lipinski definition) is 3. The highest BCUT2D eigenvalue weighted by atomic mass is 79.9. The van der Waals surface area contributed by atoms with Crippen LogP contribution in [0.2, 0.25) is 0 Å². The van der Waals surface area contributed by atoms with E-state index < -0.39 is 0 Å². The zero-order valence-corrected chi connectivity index (χ0v) is 13.0. The van der Waals surface area contributed by atoms with Gasteiger partial charge in [-0.25, -0.2) is 0 Å². The molecule has 0 bridgehead atoms. The van der Waals surface area contributed by atoms with Gasteiger partial charge >= 0.3 is 0 Å². The number of nitrogens with two attached hydrogens (primary N) is 1. The largest absolute Gasteiger partial charge is 0.398 e. The Hall–Kier alpha value is -0.580. The molecule has 0 fully saturated rings. The summed E-state index contributed by atoms with van der Waals surface area (Å²) in [5.74, 6) is 2.14. The molecule has 0 spiro atoms. The maximum Gasteiger partial charge on any atom is 0.0453 e. The molecule has 1 nitrogen and oxygen atoms in total. The molecule has 2 N–H and O–H groups in total. The van der Waals surface area contributed by atoms with Gasteiger partial charge in [0.05, 0.1) is 0 Å². The summed E-state index contributed by atoms with van der Waals surface area (Å²) in [7, 11) is 0. The van der Waals surface area contributed by atoms with Gasteiger partial charge in [-0.05, 0) is 30.3 Å². The number of benzene rings is 2. The Kier molecular flexibility index (Phi) is 5.47. The average molecular weight is 340 g/mol. The van der Waals surface area contributed by atoms with E-state index >= 15 is 0 Å². The maximum absolute atomic E-state index is 5.93. The van der Waals surface area contributed by atoms with Gasteiger partial charge in [0, 0.05) is 31.5 Å². The van der Waals surface area contributed by atoms with E-state index in [0.717, 1.165) is 26.6 Å². The smallest absolute Gasteiger partial charge is 0.0453 e. The minimum absolute atomic E-state index is 0.855. The summed E-state index contributed by atoms with van der Waals surface area (Å²) < 4.78 is 1.08. The van der Waals surface area contributed by atoms with Crippen LogP contribution in [0.1, 0.15) is 0 Å². The van der Waals surface area contributed by atoms with Crippen molar-refractivity contribution >= 4 is 45.1 Å². The third-order valence-electron chi connectivity index (χ3n) is 2.33. The highest BCUT2D eigenvalue weighted by Crippen LogP contribution is 2.29. The van der Waals surface area contributed by atoms with Crippen LogP contribution in [0, 0.1) is 0 Å². The summed E-state index contributed by atoms with van der Waals surface area (Å²) in [4.78, 5) is 2.47. The van der Waals surface area contributed by atoms with Gasteiger partial charge in [-0.15, -0.1) is 23.5 Å². The molecule has 0 saturated carbocycles. The molecular weight excluding hydrogens is 326 g/mol. The van der Waals surface area contributed by atoms with E-state index in [1.165, 1.54) is 4.90 Å². The first kappa shape index (κ1) is 13.8. The third-order valence-corrected chi connectivity index (χ3v) is 5.17. The number of thioether (sulfide) groups is 2. The van der Waals surface area contributed by atoms with E-state index in [1.54, 1.807) is 11.8 Å². The van der Waals surface area contributed by atoms with Crippen LogP contribution >= 0.6 is 39.5 Å². The monoisotopic (exact) mass is 339 g/mol. The molecule has 2 rings (SSSR count). The van der Waals surface area contributed by atoms with Gasteiger partial charge in [-0.1, -0.05) is 34.1 Å². The van der Waals surface area contributed by atoms with Gasteiger partial charge < -0.3 is 5.73 Å². The fourth-order valence-corrected chi connectivity index (χ4v) is 3.89. The van der Waals surface area contributed by atoms with Crippen molar-refractivity contribution in [1.82, 2.24) is 0 Å². The van der Waals surface area contributed by atoms with Crippen molar-refractivity contribution in [3.63, 3.8) is 0 Å². The molecule has 0 saturated heterocycles. The molecule has 0 aromatic heterocycles. The lowest BCUT2D eigenvalue weighted by Crippen LogP contribution is -1.90. The van der Waals surface area contributed by atoms with Crippen LogP contribution in [-0.2, 0) is 0 Å². The number of anilines is 1. The van der Waals surface area contributed by atoms with Crippen molar-refractivity contribution in [1.29, 1.82) is 0 Å². The zero-order valence-electron chi connectivity index (χ0n) is 9.80. The molecule has 4 heteroatoms. The van der Waals surface area contributed by atoms with Crippen molar-refractivity contribution in [2.75, 3.05) is 17.2 Å². The summed E-state index contributed by atoms with van der Waals surface area (Å²) in [6, 6.07) is 16.5. The van der Waals surface area contributed by atoms with E-state index in [1.807, 2.05) is 30.0 Å². The number of hydrogen-bond donors (Lipinski definition) is 1. The van der Waals surface area contributed by atoms with Gasteiger partial charge in [0.25, 0.3) is 0 Å². The predicted molar refractivity (Wildman–Crippen MR) is 86.4 cm³/mol. The molecule has 0 atom stereocenters. The first-order valence-corrected chi connectivity index (χ1v) is 8.38. The third kappa shape index (κ3) is 4.26. The summed E-state index contributed by atoms with van der Waals surface area (Å²) in [5.41, 5.74) is 6.79. The Labute approximate surface area is 125 Å². The van der Waals surface area contributed by atoms with Crippen molar-refractivity contribution < 1.29 is 0 Å². The van der Waals surface area contributed by atoms with Crippen molar-refractivity contribution in [2.45, 2.75) is 9.79 Å².